The van der Waals surface area contributed by atoms with Crippen LogP contribution in [0.1, 0.15) is 31.9 Å². The number of nitrogens with one attached hydrogen (secondary N) is 1. The van der Waals surface area contributed by atoms with E-state index in [0.29, 0.717) is 5.75 Å². The molecule has 3 unspecified atom stereocenters. The van der Waals surface area contributed by atoms with Crippen molar-refractivity contribution < 1.29 is 13.7 Å². The molecule has 1 N–H and O–H groups in total. The van der Waals surface area contributed by atoms with Crippen molar-refractivity contribution in [3.63, 3.8) is 0 Å². The maximum Gasteiger partial charge on any atom is 0.127 e. The highest BCUT2D eigenvalue weighted by Gasteiger charge is 2.20. The predicted molar refractivity (Wildman–Crippen MR) is 84.1 cm³/mol. The average molecular weight is 299 g/mol. The highest BCUT2D eigenvalue weighted by Crippen LogP contribution is 2.30. The van der Waals surface area contributed by atoms with Crippen molar-refractivity contribution in [1.82, 2.24) is 5.32 Å². The van der Waals surface area contributed by atoms with E-state index in [1.807, 2.05) is 32.2 Å². The third-order valence-electron chi connectivity index (χ3n) is 3.52. The Bertz CT molecular complexity index is 451. The van der Waals surface area contributed by atoms with Crippen LogP contribution in [0.25, 0.3) is 0 Å². The topological polar surface area (TPSA) is 47.6 Å². The van der Waals surface area contributed by atoms with Gasteiger partial charge in [-0.15, -0.1) is 0 Å². The molecule has 0 aliphatic rings. The van der Waals surface area contributed by atoms with Gasteiger partial charge in [-0.1, -0.05) is 19.9 Å². The van der Waals surface area contributed by atoms with E-state index in [9.17, 15) is 4.21 Å². The first-order valence-electron chi connectivity index (χ1n) is 6.83. The minimum atomic E-state index is -0.862. The minimum absolute atomic E-state index is 0.00527. The second-order valence-corrected chi connectivity index (χ2v) is 6.61. The van der Waals surface area contributed by atoms with Crippen molar-refractivity contribution in [1.29, 1.82) is 0 Å². The van der Waals surface area contributed by atoms with Crippen molar-refractivity contribution in [2.75, 3.05) is 27.0 Å². The first kappa shape index (κ1) is 17.0. The standard InChI is InChI=1S/C15H25NO3S/c1-6-11(2)20(17)10-14(16-3)13-8-7-12(18-4)9-15(13)19-5/h7-9,11,14,16H,6,10H2,1-5H3. The van der Waals surface area contributed by atoms with Crippen molar-refractivity contribution in [2.24, 2.45) is 0 Å². The fourth-order valence-electron chi connectivity index (χ4n) is 1.95. The summed E-state index contributed by atoms with van der Waals surface area (Å²) in [6.45, 7) is 4.08. The van der Waals surface area contributed by atoms with Gasteiger partial charge in [-0.05, 0) is 19.5 Å². The van der Waals surface area contributed by atoms with E-state index >= 15 is 0 Å². The molecule has 0 amide bonds. The molecule has 0 aliphatic carbocycles. The smallest absolute Gasteiger partial charge is 0.127 e. The van der Waals surface area contributed by atoms with Crippen LogP contribution in [0, 0.1) is 0 Å². The molecule has 0 aromatic heterocycles. The zero-order chi connectivity index (χ0) is 15.1. The van der Waals surface area contributed by atoms with Crippen molar-refractivity contribution in [3.8, 4) is 11.5 Å². The summed E-state index contributed by atoms with van der Waals surface area (Å²) in [6.07, 6.45) is 0.919. The maximum absolute atomic E-state index is 12.2. The Balaban J connectivity index is 2.97. The van der Waals surface area contributed by atoms with Gasteiger partial charge in [0.05, 0.1) is 14.2 Å². The molecule has 1 aromatic rings. The Morgan fingerprint density at radius 1 is 1.30 bits per heavy atom. The Morgan fingerprint density at radius 2 is 2.00 bits per heavy atom. The van der Waals surface area contributed by atoms with E-state index in [0.717, 1.165) is 23.5 Å². The first-order valence-corrected chi connectivity index (χ1v) is 8.21. The number of hydrogen-bond acceptors (Lipinski definition) is 4. The molecule has 0 radical (unpaired) electrons. The Labute approximate surface area is 124 Å². The molecule has 0 heterocycles. The molecular weight excluding hydrogens is 274 g/mol. The summed E-state index contributed by atoms with van der Waals surface area (Å²) in [5.41, 5.74) is 1.01. The van der Waals surface area contributed by atoms with Gasteiger partial charge in [0.25, 0.3) is 0 Å². The van der Waals surface area contributed by atoms with Gasteiger partial charge in [-0.3, -0.25) is 4.21 Å². The molecule has 4 nitrogen and oxygen atoms in total. The Hall–Kier alpha value is -1.07. The predicted octanol–water partition coefficient (Wildman–Crippen LogP) is 2.51. The number of ether oxygens (including phenoxy) is 2. The van der Waals surface area contributed by atoms with Crippen LogP contribution in [0.15, 0.2) is 18.2 Å². The highest BCUT2D eigenvalue weighted by molar-refractivity contribution is 7.85. The molecule has 0 bridgehead atoms. The fourth-order valence-corrected chi connectivity index (χ4v) is 3.32. The minimum Gasteiger partial charge on any atom is -0.497 e. The van der Waals surface area contributed by atoms with Crippen molar-refractivity contribution in [3.05, 3.63) is 23.8 Å². The van der Waals surface area contributed by atoms with Gasteiger partial charge in [0.1, 0.15) is 11.5 Å². The molecule has 1 aromatic carbocycles. The lowest BCUT2D eigenvalue weighted by Gasteiger charge is -2.21. The van der Waals surface area contributed by atoms with E-state index < -0.39 is 10.8 Å². The summed E-state index contributed by atoms with van der Waals surface area (Å²) in [4.78, 5) is 0. The van der Waals surface area contributed by atoms with Gasteiger partial charge in [-0.2, -0.15) is 0 Å². The molecule has 114 valence electrons. The fraction of sp³-hybridized carbons (Fsp3) is 0.600. The van der Waals surface area contributed by atoms with E-state index in [1.165, 1.54) is 0 Å². The Kier molecular flexibility index (Phi) is 7.02. The van der Waals surface area contributed by atoms with E-state index in [2.05, 4.69) is 12.2 Å². The molecular formula is C15H25NO3S. The molecule has 0 saturated heterocycles. The van der Waals surface area contributed by atoms with Crippen LogP contribution in [-0.4, -0.2) is 36.5 Å². The quantitative estimate of drug-likeness (QED) is 0.801. The number of hydrogen-bond donors (Lipinski definition) is 1. The van der Waals surface area contributed by atoms with Gasteiger partial charge in [0, 0.05) is 39.5 Å². The molecule has 0 spiro atoms. The van der Waals surface area contributed by atoms with E-state index in [-0.39, 0.29) is 11.3 Å². The van der Waals surface area contributed by atoms with Crippen LogP contribution in [0.3, 0.4) is 0 Å². The molecule has 1 rings (SSSR count). The number of rotatable bonds is 8. The lowest BCUT2D eigenvalue weighted by molar-refractivity contribution is 0.387. The van der Waals surface area contributed by atoms with E-state index in [1.54, 1.807) is 14.2 Å². The first-order chi connectivity index (χ1) is 9.57. The molecule has 0 fully saturated rings. The average Bonchev–Trinajstić information content (AvgIpc) is 2.50. The van der Waals surface area contributed by atoms with Gasteiger partial charge >= 0.3 is 0 Å². The summed E-state index contributed by atoms with van der Waals surface area (Å²) in [6, 6.07) is 5.72. The van der Waals surface area contributed by atoms with Gasteiger partial charge in [0.15, 0.2) is 0 Å². The summed E-state index contributed by atoms with van der Waals surface area (Å²) in [5, 5.41) is 3.43. The largest absolute Gasteiger partial charge is 0.497 e. The van der Waals surface area contributed by atoms with Gasteiger partial charge < -0.3 is 14.8 Å². The van der Waals surface area contributed by atoms with Crippen molar-refractivity contribution in [2.45, 2.75) is 31.6 Å². The van der Waals surface area contributed by atoms with Crippen LogP contribution in [0.2, 0.25) is 0 Å². The normalized spacial score (nSPS) is 15.4. The monoisotopic (exact) mass is 299 g/mol. The summed E-state index contributed by atoms with van der Waals surface area (Å²) < 4.78 is 22.9. The van der Waals surface area contributed by atoms with Crippen LogP contribution >= 0.6 is 0 Å². The number of methoxy groups -OCH3 is 2. The van der Waals surface area contributed by atoms with Crippen molar-refractivity contribution >= 4 is 10.8 Å². The summed E-state index contributed by atoms with van der Waals surface area (Å²) in [5.74, 6) is 2.09. The molecule has 3 atom stereocenters. The van der Waals surface area contributed by atoms with Crippen LogP contribution in [0.4, 0.5) is 0 Å². The molecule has 5 heteroatoms. The molecule has 0 aliphatic heterocycles. The molecule has 0 saturated carbocycles. The number of benzene rings is 1. The zero-order valence-electron chi connectivity index (χ0n) is 12.9. The SMILES string of the molecule is CCC(C)S(=O)CC(NC)c1ccc(OC)cc1OC. The lowest BCUT2D eigenvalue weighted by atomic mass is 10.1. The van der Waals surface area contributed by atoms with Gasteiger partial charge in [0.2, 0.25) is 0 Å². The van der Waals surface area contributed by atoms with Crippen LogP contribution < -0.4 is 14.8 Å². The van der Waals surface area contributed by atoms with E-state index in [4.69, 9.17) is 9.47 Å². The summed E-state index contributed by atoms with van der Waals surface area (Å²) >= 11 is 0. The second-order valence-electron chi connectivity index (χ2n) is 4.72. The van der Waals surface area contributed by atoms with Gasteiger partial charge in [-0.25, -0.2) is 0 Å². The van der Waals surface area contributed by atoms with Crippen LogP contribution in [0.5, 0.6) is 11.5 Å². The summed E-state index contributed by atoms with van der Waals surface area (Å²) in [7, 11) is 4.28. The van der Waals surface area contributed by atoms with Crippen LogP contribution in [-0.2, 0) is 10.8 Å². The maximum atomic E-state index is 12.2. The highest BCUT2D eigenvalue weighted by atomic mass is 32.2. The second kappa shape index (κ2) is 8.27. The third-order valence-corrected chi connectivity index (χ3v) is 5.41. The lowest BCUT2D eigenvalue weighted by Crippen LogP contribution is -2.26. The Morgan fingerprint density at radius 3 is 2.50 bits per heavy atom. The molecule has 20 heavy (non-hydrogen) atoms. The zero-order valence-corrected chi connectivity index (χ0v) is 13.8. The third kappa shape index (κ3) is 4.21.